The van der Waals surface area contributed by atoms with Crippen molar-refractivity contribution in [3.8, 4) is 0 Å². The van der Waals surface area contributed by atoms with Gasteiger partial charge in [0.05, 0.1) is 17.9 Å². The average Bonchev–Trinajstić information content (AvgIpc) is 3.73. The second-order valence-corrected chi connectivity index (χ2v) is 11.7. The van der Waals surface area contributed by atoms with Gasteiger partial charge in [0, 0.05) is 38.8 Å². The van der Waals surface area contributed by atoms with E-state index < -0.39 is 42.4 Å². The molecule has 5 aliphatic rings. The second-order valence-electron chi connectivity index (χ2n) is 11.7. The highest BCUT2D eigenvalue weighted by atomic mass is 16.6. The Bertz CT molecular complexity index is 1370. The number of nitrogens with zero attached hydrogens (tertiary/aromatic N) is 4. The molecule has 230 valence electrons. The highest BCUT2D eigenvalue weighted by Gasteiger charge is 2.61. The van der Waals surface area contributed by atoms with E-state index in [2.05, 4.69) is 5.16 Å². The van der Waals surface area contributed by atoms with Crippen LogP contribution in [0.2, 0.25) is 0 Å². The zero-order valence-corrected chi connectivity index (χ0v) is 23.8. The first-order valence-electron chi connectivity index (χ1n) is 14.9. The minimum absolute atomic E-state index is 0.0595. The van der Waals surface area contributed by atoms with Crippen LogP contribution >= 0.6 is 0 Å². The summed E-state index contributed by atoms with van der Waals surface area (Å²) >= 11 is 0. The van der Waals surface area contributed by atoms with E-state index in [0.717, 1.165) is 32.1 Å². The van der Waals surface area contributed by atoms with E-state index in [1.165, 1.54) is 27.8 Å². The van der Waals surface area contributed by atoms with Gasteiger partial charge in [-0.05, 0) is 25.3 Å². The largest absolute Gasteiger partial charge is 0.463 e. The number of aliphatic hydroxyl groups excluding tert-OH is 1. The lowest BCUT2D eigenvalue weighted by atomic mass is 9.78. The van der Waals surface area contributed by atoms with E-state index in [0.29, 0.717) is 25.1 Å². The van der Waals surface area contributed by atoms with E-state index in [1.54, 1.807) is 12.2 Å². The first kappa shape index (κ1) is 28.9. The predicted octanol–water partition coefficient (Wildman–Crippen LogP) is 0.601. The lowest BCUT2D eigenvalue weighted by Crippen LogP contribution is -2.53. The Hall–Kier alpha value is -3.23. The minimum Gasteiger partial charge on any atom is -0.463 e. The first-order valence-corrected chi connectivity index (χ1v) is 14.9. The summed E-state index contributed by atoms with van der Waals surface area (Å²) in [6.07, 6.45) is 5.57. The van der Waals surface area contributed by atoms with Crippen molar-refractivity contribution in [2.45, 2.75) is 114 Å². The fraction of sp³-hybridized carbons (Fsp3) is 0.750. The van der Waals surface area contributed by atoms with Crippen molar-refractivity contribution in [1.82, 2.24) is 13.9 Å². The third-order valence-corrected chi connectivity index (χ3v) is 8.91. The van der Waals surface area contributed by atoms with Crippen molar-refractivity contribution in [2.24, 2.45) is 11.1 Å². The lowest BCUT2D eigenvalue weighted by molar-refractivity contribution is -0.164. The summed E-state index contributed by atoms with van der Waals surface area (Å²) < 4.78 is 26.4. The molecule has 0 spiro atoms. The summed E-state index contributed by atoms with van der Waals surface area (Å²) in [5.41, 5.74) is -0.0553. The number of hydrogen-bond acceptors (Lipinski definition) is 11. The molecule has 0 bridgehead atoms. The molecule has 14 heteroatoms. The van der Waals surface area contributed by atoms with Crippen LogP contribution in [0, 0.1) is 5.92 Å². The Morgan fingerprint density at radius 3 is 2.57 bits per heavy atom. The van der Waals surface area contributed by atoms with Crippen LogP contribution in [-0.4, -0.2) is 86.5 Å². The number of ether oxygens (including phenoxy) is 4. The van der Waals surface area contributed by atoms with Gasteiger partial charge in [-0.1, -0.05) is 30.5 Å². The number of oxime groups is 1. The fourth-order valence-corrected chi connectivity index (χ4v) is 6.91. The first-order chi connectivity index (χ1) is 20.2. The summed E-state index contributed by atoms with van der Waals surface area (Å²) in [6.45, 7) is 3.06. The van der Waals surface area contributed by atoms with Crippen LogP contribution in [0.25, 0.3) is 0 Å². The quantitative estimate of drug-likeness (QED) is 0.149. The van der Waals surface area contributed by atoms with Gasteiger partial charge in [0.25, 0.3) is 0 Å². The molecule has 1 saturated heterocycles. The molecular formula is C28H38N4O10. The molecule has 3 fully saturated rings. The minimum atomic E-state index is -0.940. The molecule has 8 atom stereocenters. The molecule has 0 aromatic carbocycles. The van der Waals surface area contributed by atoms with Crippen molar-refractivity contribution >= 4 is 17.7 Å². The maximum Gasteiger partial charge on any atom is 0.347 e. The zero-order valence-electron chi connectivity index (χ0n) is 23.8. The van der Waals surface area contributed by atoms with Crippen molar-refractivity contribution in [2.75, 3.05) is 13.2 Å². The Kier molecular flexibility index (Phi) is 8.11. The maximum atomic E-state index is 13.6. The highest BCUT2D eigenvalue weighted by Crippen LogP contribution is 2.46. The smallest absolute Gasteiger partial charge is 0.347 e. The zero-order chi connectivity index (χ0) is 29.5. The van der Waals surface area contributed by atoms with E-state index in [1.807, 2.05) is 0 Å². The Labute approximate surface area is 241 Å². The van der Waals surface area contributed by atoms with Crippen LogP contribution in [0.5, 0.6) is 0 Å². The summed E-state index contributed by atoms with van der Waals surface area (Å²) in [5, 5.41) is 15.6. The highest BCUT2D eigenvalue weighted by molar-refractivity contribution is 5.94. The predicted molar refractivity (Wildman–Crippen MR) is 145 cm³/mol. The molecule has 2 aliphatic carbocycles. The topological polar surface area (TPSA) is 165 Å². The van der Waals surface area contributed by atoms with E-state index in [-0.39, 0.29) is 48.8 Å². The van der Waals surface area contributed by atoms with Gasteiger partial charge < -0.3 is 28.9 Å². The van der Waals surface area contributed by atoms with Gasteiger partial charge in [0.2, 0.25) is 0 Å². The van der Waals surface area contributed by atoms with E-state index >= 15 is 0 Å². The third-order valence-electron chi connectivity index (χ3n) is 8.91. The van der Waals surface area contributed by atoms with Gasteiger partial charge in [0.1, 0.15) is 43.7 Å². The molecule has 6 rings (SSSR count). The molecule has 0 amide bonds. The molecule has 0 unspecified atom stereocenters. The molecule has 14 nitrogen and oxygen atoms in total. The molecule has 42 heavy (non-hydrogen) atoms. The van der Waals surface area contributed by atoms with Gasteiger partial charge in [-0.25, -0.2) is 23.5 Å². The molecule has 1 aromatic rings. The fourth-order valence-electron chi connectivity index (χ4n) is 6.91. The van der Waals surface area contributed by atoms with E-state index in [4.69, 9.17) is 23.8 Å². The summed E-state index contributed by atoms with van der Waals surface area (Å²) in [5.74, 6) is -1.25. The second kappa shape index (κ2) is 11.8. The molecule has 3 aliphatic heterocycles. The number of rotatable bonds is 8. The van der Waals surface area contributed by atoms with Crippen LogP contribution in [0.15, 0.2) is 26.9 Å². The Morgan fingerprint density at radius 1 is 1.05 bits per heavy atom. The monoisotopic (exact) mass is 590 g/mol. The number of carbonyl (C=O) groups is 2. The van der Waals surface area contributed by atoms with Crippen LogP contribution in [0.4, 0.5) is 0 Å². The Balaban J connectivity index is 1.14. The molecule has 1 N–H and O–H groups in total. The van der Waals surface area contributed by atoms with Crippen LogP contribution < -0.4 is 11.4 Å². The van der Waals surface area contributed by atoms with Crippen molar-refractivity contribution in [1.29, 1.82) is 0 Å². The number of esters is 2. The maximum absolute atomic E-state index is 13.6. The average molecular weight is 591 g/mol. The summed E-state index contributed by atoms with van der Waals surface area (Å²) in [7, 11) is 0. The number of epoxide rings is 1. The van der Waals surface area contributed by atoms with Crippen molar-refractivity contribution in [3.63, 3.8) is 0 Å². The van der Waals surface area contributed by atoms with Crippen LogP contribution in [0.3, 0.4) is 0 Å². The number of aromatic nitrogens is 3. The standard InChI is InChI=1S/C28H38N4O10/c1-15(33)38-14-21-20(40-16(2)34)9-8-18(41-21)11-13-39-29-22-19-10-12-30-27(36)31(17-6-4-3-5-7-17)28(37)32(30)23(19)24(35)26-25(22)42-26/h8-9,17-21,23-26,35H,3-7,10-14H2,1-2H3/b29-22-/t18-,19+,20-,21+,23+,24-,25+,26-/m0/s1. The number of carbonyl (C=O) groups excluding carboxylic acids is 2. The van der Waals surface area contributed by atoms with Crippen LogP contribution in [-0.2, 0) is 39.9 Å². The summed E-state index contributed by atoms with van der Waals surface area (Å²) in [6, 6.07) is -0.779. The van der Waals surface area contributed by atoms with Gasteiger partial charge in [-0.15, -0.1) is 0 Å². The number of aliphatic hydroxyl groups is 1. The summed E-state index contributed by atoms with van der Waals surface area (Å²) in [4.78, 5) is 55.3. The molecule has 0 radical (unpaired) electrons. The lowest BCUT2D eigenvalue weighted by Gasteiger charge is -2.38. The molecule has 1 aromatic heterocycles. The van der Waals surface area contributed by atoms with Gasteiger partial charge >= 0.3 is 23.3 Å². The number of fused-ring (bicyclic) bond motifs is 4. The Morgan fingerprint density at radius 2 is 1.83 bits per heavy atom. The van der Waals surface area contributed by atoms with Crippen LogP contribution in [0.1, 0.15) is 70.9 Å². The van der Waals surface area contributed by atoms with Gasteiger partial charge in [-0.3, -0.25) is 9.59 Å². The normalized spacial score (nSPS) is 34.7. The molecular weight excluding hydrogens is 552 g/mol. The van der Waals surface area contributed by atoms with Crippen molar-refractivity contribution < 1.29 is 38.5 Å². The SMILES string of the molecule is CC(=O)OC[C@H]1O[C@H](CCO/N=C2/[C@H]3CCn4c(=O)n(C5CCCCC5)c(=O)n4[C@H]3[C@H](O)[C@@H]3O[C@H]23)C=C[C@@H]1OC(C)=O. The third kappa shape index (κ3) is 5.47. The van der Waals surface area contributed by atoms with Gasteiger partial charge in [0.15, 0.2) is 0 Å². The molecule has 2 saturated carbocycles. The molecule has 4 heterocycles. The van der Waals surface area contributed by atoms with Gasteiger partial charge in [-0.2, -0.15) is 0 Å². The van der Waals surface area contributed by atoms with Crippen molar-refractivity contribution in [3.05, 3.63) is 33.1 Å². The number of hydrogen-bond donors (Lipinski definition) is 1. The van der Waals surface area contributed by atoms with E-state index in [9.17, 15) is 24.3 Å².